The molecule has 0 radical (unpaired) electrons. The standard InChI is InChI=1S/C15H12ClNO3S/c1-9-7-13(10(2)21-9)15(18)6-3-11-8-12(17(19)20)4-5-14(11)16/h3-8H,1-2H3/b6-3+. The van der Waals surface area contributed by atoms with Crippen LogP contribution in [0, 0.1) is 24.0 Å². The molecule has 0 atom stereocenters. The molecule has 0 spiro atoms. The molecule has 0 aliphatic rings. The molecule has 2 rings (SSSR count). The summed E-state index contributed by atoms with van der Waals surface area (Å²) < 4.78 is 0. The Hall–Kier alpha value is -1.98. The number of carbonyl (C=O) groups excluding carboxylic acids is 1. The van der Waals surface area contributed by atoms with Gasteiger partial charge in [0.2, 0.25) is 0 Å². The number of hydrogen-bond donors (Lipinski definition) is 0. The lowest BCUT2D eigenvalue weighted by atomic mass is 10.1. The number of benzene rings is 1. The molecule has 0 unspecified atom stereocenters. The lowest BCUT2D eigenvalue weighted by molar-refractivity contribution is -0.384. The van der Waals surface area contributed by atoms with Crippen molar-refractivity contribution in [2.75, 3.05) is 0 Å². The zero-order valence-electron chi connectivity index (χ0n) is 11.4. The van der Waals surface area contributed by atoms with Crippen LogP contribution < -0.4 is 0 Å². The van der Waals surface area contributed by atoms with Crippen LogP contribution in [0.25, 0.3) is 6.08 Å². The summed E-state index contributed by atoms with van der Waals surface area (Å²) in [7, 11) is 0. The highest BCUT2D eigenvalue weighted by molar-refractivity contribution is 7.12. The predicted molar refractivity (Wildman–Crippen MR) is 85.3 cm³/mol. The molecule has 4 nitrogen and oxygen atoms in total. The number of nitrogens with zero attached hydrogens (tertiary/aromatic N) is 1. The number of nitro groups is 1. The van der Waals surface area contributed by atoms with E-state index in [1.807, 2.05) is 19.9 Å². The molecule has 2 aromatic rings. The fourth-order valence-corrected chi connectivity index (χ4v) is 3.01. The van der Waals surface area contributed by atoms with E-state index in [4.69, 9.17) is 11.6 Å². The van der Waals surface area contributed by atoms with Crippen molar-refractivity contribution in [1.82, 2.24) is 0 Å². The Balaban J connectivity index is 2.29. The zero-order chi connectivity index (χ0) is 15.6. The minimum absolute atomic E-state index is 0.0611. The number of allylic oxidation sites excluding steroid dienone is 1. The summed E-state index contributed by atoms with van der Waals surface area (Å²) in [5.74, 6) is -0.139. The molecule has 0 aliphatic carbocycles. The number of carbonyl (C=O) groups is 1. The van der Waals surface area contributed by atoms with Gasteiger partial charge in [0, 0.05) is 32.5 Å². The van der Waals surface area contributed by atoms with Gasteiger partial charge in [-0.15, -0.1) is 11.3 Å². The van der Waals surface area contributed by atoms with Gasteiger partial charge in [0.25, 0.3) is 5.69 Å². The fourth-order valence-electron chi connectivity index (χ4n) is 1.90. The van der Waals surface area contributed by atoms with Crippen LogP contribution in [0.3, 0.4) is 0 Å². The van der Waals surface area contributed by atoms with Crippen molar-refractivity contribution in [3.05, 3.63) is 66.4 Å². The smallest absolute Gasteiger partial charge is 0.270 e. The normalized spacial score (nSPS) is 11.0. The molecule has 1 heterocycles. The van der Waals surface area contributed by atoms with E-state index in [-0.39, 0.29) is 11.5 Å². The number of thiophene rings is 1. The Morgan fingerprint density at radius 3 is 2.62 bits per heavy atom. The van der Waals surface area contributed by atoms with E-state index >= 15 is 0 Å². The zero-order valence-corrected chi connectivity index (χ0v) is 13.0. The van der Waals surface area contributed by atoms with Gasteiger partial charge in [-0.1, -0.05) is 11.6 Å². The molecule has 1 aromatic carbocycles. The number of ketones is 1. The second kappa shape index (κ2) is 6.20. The summed E-state index contributed by atoms with van der Waals surface area (Å²) in [4.78, 5) is 24.4. The molecule has 6 heteroatoms. The first kappa shape index (κ1) is 15.4. The Labute approximate surface area is 130 Å². The average Bonchev–Trinajstić information content (AvgIpc) is 2.76. The third kappa shape index (κ3) is 3.56. The van der Waals surface area contributed by atoms with Crippen LogP contribution in [0.4, 0.5) is 5.69 Å². The topological polar surface area (TPSA) is 60.2 Å². The lowest BCUT2D eigenvalue weighted by Crippen LogP contribution is -1.94. The van der Waals surface area contributed by atoms with Crippen molar-refractivity contribution in [3.63, 3.8) is 0 Å². The van der Waals surface area contributed by atoms with Gasteiger partial charge in [0.15, 0.2) is 5.78 Å². The van der Waals surface area contributed by atoms with Gasteiger partial charge >= 0.3 is 0 Å². The highest BCUT2D eigenvalue weighted by Gasteiger charge is 2.11. The predicted octanol–water partition coefficient (Wildman–Crippen LogP) is 4.82. The molecule has 0 fully saturated rings. The monoisotopic (exact) mass is 321 g/mol. The maximum atomic E-state index is 12.1. The molecule has 0 aliphatic heterocycles. The third-order valence-electron chi connectivity index (χ3n) is 2.91. The third-order valence-corrected chi connectivity index (χ3v) is 4.22. The molecular weight excluding hydrogens is 310 g/mol. The first-order valence-electron chi connectivity index (χ1n) is 6.12. The maximum absolute atomic E-state index is 12.1. The van der Waals surface area contributed by atoms with Gasteiger partial charge in [-0.05, 0) is 43.7 Å². The SMILES string of the molecule is Cc1cc(C(=O)/C=C/c2cc([N+](=O)[O-])ccc2Cl)c(C)s1. The maximum Gasteiger partial charge on any atom is 0.270 e. The van der Waals surface area contributed by atoms with Crippen LogP contribution in [-0.4, -0.2) is 10.7 Å². The van der Waals surface area contributed by atoms with Crippen molar-refractivity contribution in [1.29, 1.82) is 0 Å². The van der Waals surface area contributed by atoms with Crippen molar-refractivity contribution < 1.29 is 9.72 Å². The summed E-state index contributed by atoms with van der Waals surface area (Å²) in [6.07, 6.45) is 2.89. The quantitative estimate of drug-likeness (QED) is 0.351. The van der Waals surface area contributed by atoms with E-state index in [2.05, 4.69) is 0 Å². The van der Waals surface area contributed by atoms with Crippen molar-refractivity contribution in [2.24, 2.45) is 0 Å². The van der Waals surface area contributed by atoms with E-state index in [0.717, 1.165) is 9.75 Å². The number of rotatable bonds is 4. The average molecular weight is 322 g/mol. The molecule has 0 saturated heterocycles. The van der Waals surface area contributed by atoms with Crippen molar-refractivity contribution >= 4 is 40.5 Å². The molecule has 21 heavy (non-hydrogen) atoms. The van der Waals surface area contributed by atoms with Gasteiger partial charge in [0.05, 0.1) is 4.92 Å². The van der Waals surface area contributed by atoms with Gasteiger partial charge in [-0.3, -0.25) is 14.9 Å². The van der Waals surface area contributed by atoms with Gasteiger partial charge in [0.1, 0.15) is 0 Å². The minimum atomic E-state index is -0.498. The Kier molecular flexibility index (Phi) is 4.55. The van der Waals surface area contributed by atoms with Crippen LogP contribution in [-0.2, 0) is 0 Å². The summed E-state index contributed by atoms with van der Waals surface area (Å²) in [5, 5.41) is 11.1. The van der Waals surface area contributed by atoms with E-state index in [9.17, 15) is 14.9 Å². The second-order valence-corrected chi connectivity index (χ2v) is 6.36. The highest BCUT2D eigenvalue weighted by atomic mass is 35.5. The van der Waals surface area contributed by atoms with Crippen molar-refractivity contribution in [3.8, 4) is 0 Å². The second-order valence-electron chi connectivity index (χ2n) is 4.49. The molecule has 0 bridgehead atoms. The number of nitro benzene ring substituents is 1. The van der Waals surface area contributed by atoms with Crippen LogP contribution in [0.2, 0.25) is 5.02 Å². The Bertz CT molecular complexity index is 749. The van der Waals surface area contributed by atoms with Crippen molar-refractivity contribution in [2.45, 2.75) is 13.8 Å². The molecule has 0 saturated carbocycles. The van der Waals surface area contributed by atoms with Crippen LogP contribution in [0.15, 0.2) is 30.3 Å². The molecular formula is C15H12ClNO3S. The number of halogens is 1. The fraction of sp³-hybridized carbons (Fsp3) is 0.133. The van der Waals surface area contributed by atoms with Crippen LogP contribution in [0.1, 0.15) is 25.7 Å². The number of hydrogen-bond acceptors (Lipinski definition) is 4. The number of aryl methyl sites for hydroxylation is 2. The molecule has 0 N–H and O–H groups in total. The summed E-state index contributed by atoms with van der Waals surface area (Å²) >= 11 is 7.54. The minimum Gasteiger partial charge on any atom is -0.289 e. The molecule has 0 amide bonds. The van der Waals surface area contributed by atoms with Gasteiger partial charge in [-0.25, -0.2) is 0 Å². The largest absolute Gasteiger partial charge is 0.289 e. The Morgan fingerprint density at radius 2 is 2.05 bits per heavy atom. The van der Waals surface area contributed by atoms with Gasteiger partial charge in [-0.2, -0.15) is 0 Å². The lowest BCUT2D eigenvalue weighted by Gasteiger charge is -1.98. The van der Waals surface area contributed by atoms with E-state index in [0.29, 0.717) is 16.1 Å². The first-order chi connectivity index (χ1) is 9.88. The van der Waals surface area contributed by atoms with Crippen LogP contribution >= 0.6 is 22.9 Å². The number of non-ortho nitro benzene ring substituents is 1. The Morgan fingerprint density at radius 1 is 1.33 bits per heavy atom. The highest BCUT2D eigenvalue weighted by Crippen LogP contribution is 2.25. The summed E-state index contributed by atoms with van der Waals surface area (Å²) in [6, 6.07) is 5.96. The summed E-state index contributed by atoms with van der Waals surface area (Å²) in [6.45, 7) is 3.83. The van der Waals surface area contributed by atoms with Crippen LogP contribution in [0.5, 0.6) is 0 Å². The first-order valence-corrected chi connectivity index (χ1v) is 7.31. The van der Waals surface area contributed by atoms with E-state index < -0.39 is 4.92 Å². The van der Waals surface area contributed by atoms with E-state index in [1.165, 1.54) is 30.4 Å². The summed E-state index contributed by atoms with van der Waals surface area (Å²) in [5.41, 5.74) is 1.04. The molecule has 1 aromatic heterocycles. The molecule has 108 valence electrons. The van der Waals surface area contributed by atoms with E-state index in [1.54, 1.807) is 11.3 Å². The van der Waals surface area contributed by atoms with Gasteiger partial charge < -0.3 is 0 Å².